The number of likely N-dealkylation sites (tertiary alicyclic amines) is 1. The predicted octanol–water partition coefficient (Wildman–Crippen LogP) is 1.14. The van der Waals surface area contributed by atoms with Crippen molar-refractivity contribution >= 4 is 11.6 Å². The van der Waals surface area contributed by atoms with Crippen molar-refractivity contribution in [1.29, 1.82) is 0 Å². The van der Waals surface area contributed by atoms with Crippen molar-refractivity contribution in [3.63, 3.8) is 0 Å². The van der Waals surface area contributed by atoms with Gasteiger partial charge in [0.15, 0.2) is 6.61 Å². The van der Waals surface area contributed by atoms with Crippen molar-refractivity contribution in [2.24, 2.45) is 5.92 Å². The lowest BCUT2D eigenvalue weighted by atomic mass is 10.1. The third-order valence-electron chi connectivity index (χ3n) is 3.31. The maximum atomic E-state index is 12.0. The Morgan fingerprint density at radius 2 is 2.26 bits per heavy atom. The number of carbonyl (C=O) groups excluding carboxylic acids is 1. The number of hydrogen-bond donors (Lipinski definition) is 1. The van der Waals surface area contributed by atoms with Gasteiger partial charge in [-0.1, -0.05) is 12.1 Å². The molecule has 0 spiro atoms. The van der Waals surface area contributed by atoms with Gasteiger partial charge < -0.3 is 20.1 Å². The number of amides is 1. The zero-order chi connectivity index (χ0) is 13.7. The number of rotatable bonds is 5. The molecule has 19 heavy (non-hydrogen) atoms. The smallest absolute Gasteiger partial charge is 0.260 e. The summed E-state index contributed by atoms with van der Waals surface area (Å²) in [6, 6.07) is 7.19. The number of nitrogens with zero attached hydrogens (tertiary/aromatic N) is 1. The van der Waals surface area contributed by atoms with E-state index in [1.807, 2.05) is 17.0 Å². The van der Waals surface area contributed by atoms with E-state index in [1.165, 1.54) is 0 Å². The summed E-state index contributed by atoms with van der Waals surface area (Å²) in [6.45, 7) is 2.27. The lowest BCUT2D eigenvalue weighted by Crippen LogP contribution is -2.33. The lowest BCUT2D eigenvalue weighted by molar-refractivity contribution is -0.132. The Morgan fingerprint density at radius 1 is 1.47 bits per heavy atom. The van der Waals surface area contributed by atoms with Crippen molar-refractivity contribution < 1.29 is 14.3 Å². The minimum Gasteiger partial charge on any atom is -0.482 e. The van der Waals surface area contributed by atoms with Gasteiger partial charge in [0.2, 0.25) is 0 Å². The standard InChI is InChI=1S/C14H20N2O3/c1-18-9-11-6-7-16(8-11)14(17)10-19-13-5-3-2-4-12(13)15/h2-5,11H,6-10,15H2,1H3. The summed E-state index contributed by atoms with van der Waals surface area (Å²) in [4.78, 5) is 13.8. The molecule has 1 fully saturated rings. The van der Waals surface area contributed by atoms with Gasteiger partial charge in [-0.15, -0.1) is 0 Å². The normalized spacial score (nSPS) is 18.6. The third kappa shape index (κ3) is 3.61. The molecule has 1 aromatic rings. The Bertz CT molecular complexity index is 436. The molecule has 1 atom stereocenters. The summed E-state index contributed by atoms with van der Waals surface area (Å²) in [5.41, 5.74) is 6.31. The number of ether oxygens (including phenoxy) is 2. The monoisotopic (exact) mass is 264 g/mol. The van der Waals surface area contributed by atoms with E-state index < -0.39 is 0 Å². The summed E-state index contributed by atoms with van der Waals surface area (Å²) < 4.78 is 10.6. The summed E-state index contributed by atoms with van der Waals surface area (Å²) in [5, 5.41) is 0. The second-order valence-electron chi connectivity index (χ2n) is 4.78. The molecule has 1 aromatic carbocycles. The number of carbonyl (C=O) groups is 1. The van der Waals surface area contributed by atoms with E-state index in [-0.39, 0.29) is 12.5 Å². The van der Waals surface area contributed by atoms with Crippen LogP contribution in [0.1, 0.15) is 6.42 Å². The molecule has 0 aliphatic carbocycles. The molecule has 0 bridgehead atoms. The number of nitrogens with two attached hydrogens (primary N) is 1. The Morgan fingerprint density at radius 3 is 3.00 bits per heavy atom. The quantitative estimate of drug-likeness (QED) is 0.810. The molecule has 0 saturated carbocycles. The minimum absolute atomic E-state index is 0.00172. The molecule has 2 rings (SSSR count). The minimum atomic E-state index is 0.00172. The molecule has 0 radical (unpaired) electrons. The molecular weight excluding hydrogens is 244 g/mol. The number of benzene rings is 1. The van der Waals surface area contributed by atoms with Crippen LogP contribution < -0.4 is 10.5 Å². The van der Waals surface area contributed by atoms with Crippen molar-refractivity contribution in [1.82, 2.24) is 4.90 Å². The van der Waals surface area contributed by atoms with E-state index in [9.17, 15) is 4.79 Å². The average molecular weight is 264 g/mol. The molecule has 1 amide bonds. The molecule has 1 heterocycles. The topological polar surface area (TPSA) is 64.8 Å². The summed E-state index contributed by atoms with van der Waals surface area (Å²) >= 11 is 0. The second-order valence-corrected chi connectivity index (χ2v) is 4.78. The van der Waals surface area contributed by atoms with Crippen LogP contribution in [0.3, 0.4) is 0 Å². The highest BCUT2D eigenvalue weighted by molar-refractivity contribution is 5.78. The van der Waals surface area contributed by atoms with Gasteiger partial charge in [-0.25, -0.2) is 0 Å². The van der Waals surface area contributed by atoms with E-state index in [4.69, 9.17) is 15.2 Å². The number of para-hydroxylation sites is 2. The highest BCUT2D eigenvalue weighted by Gasteiger charge is 2.26. The van der Waals surface area contributed by atoms with Crippen LogP contribution in [-0.4, -0.2) is 44.2 Å². The third-order valence-corrected chi connectivity index (χ3v) is 3.31. The van der Waals surface area contributed by atoms with Crippen LogP contribution in [0.25, 0.3) is 0 Å². The first kappa shape index (κ1) is 13.7. The molecular formula is C14H20N2O3. The van der Waals surface area contributed by atoms with Crippen LogP contribution in [-0.2, 0) is 9.53 Å². The van der Waals surface area contributed by atoms with Gasteiger partial charge in [-0.05, 0) is 18.6 Å². The van der Waals surface area contributed by atoms with Crippen molar-refractivity contribution in [3.8, 4) is 5.75 Å². The Kier molecular flexibility index (Phi) is 4.63. The van der Waals surface area contributed by atoms with E-state index in [2.05, 4.69) is 0 Å². The highest BCUT2D eigenvalue weighted by Crippen LogP contribution is 2.20. The fraction of sp³-hybridized carbons (Fsp3) is 0.500. The lowest BCUT2D eigenvalue weighted by Gasteiger charge is -2.17. The number of anilines is 1. The number of methoxy groups -OCH3 is 1. The highest BCUT2D eigenvalue weighted by atomic mass is 16.5. The molecule has 1 unspecified atom stereocenters. The van der Waals surface area contributed by atoms with Crippen LogP contribution in [0, 0.1) is 5.92 Å². The van der Waals surface area contributed by atoms with Gasteiger partial charge in [0.25, 0.3) is 5.91 Å². The van der Waals surface area contributed by atoms with Crippen LogP contribution in [0.15, 0.2) is 24.3 Å². The molecule has 5 nitrogen and oxygen atoms in total. The summed E-state index contributed by atoms with van der Waals surface area (Å²) in [6.07, 6.45) is 0.993. The summed E-state index contributed by atoms with van der Waals surface area (Å²) in [5.74, 6) is 1.00. The Balaban J connectivity index is 1.81. The maximum absolute atomic E-state index is 12.0. The molecule has 0 aromatic heterocycles. The first-order valence-electron chi connectivity index (χ1n) is 6.44. The van der Waals surface area contributed by atoms with E-state index in [1.54, 1.807) is 19.2 Å². The predicted molar refractivity (Wildman–Crippen MR) is 72.9 cm³/mol. The van der Waals surface area contributed by atoms with Gasteiger partial charge in [-0.2, -0.15) is 0 Å². The zero-order valence-corrected chi connectivity index (χ0v) is 11.2. The van der Waals surface area contributed by atoms with E-state index >= 15 is 0 Å². The van der Waals surface area contributed by atoms with E-state index in [0.717, 1.165) is 19.5 Å². The number of hydrogen-bond acceptors (Lipinski definition) is 4. The largest absolute Gasteiger partial charge is 0.482 e. The van der Waals surface area contributed by atoms with Gasteiger partial charge in [0.05, 0.1) is 12.3 Å². The van der Waals surface area contributed by atoms with Gasteiger partial charge >= 0.3 is 0 Å². The van der Waals surface area contributed by atoms with Gasteiger partial charge in [-0.3, -0.25) is 4.79 Å². The van der Waals surface area contributed by atoms with E-state index in [0.29, 0.717) is 24.0 Å². The first-order valence-corrected chi connectivity index (χ1v) is 6.44. The van der Waals surface area contributed by atoms with Crippen molar-refractivity contribution in [2.75, 3.05) is 39.1 Å². The molecule has 1 aliphatic heterocycles. The Hall–Kier alpha value is -1.75. The molecule has 5 heteroatoms. The molecule has 1 saturated heterocycles. The molecule has 104 valence electrons. The van der Waals surface area contributed by atoms with Gasteiger partial charge in [0, 0.05) is 26.1 Å². The first-order chi connectivity index (χ1) is 9.20. The fourth-order valence-electron chi connectivity index (χ4n) is 2.27. The second kappa shape index (κ2) is 6.43. The van der Waals surface area contributed by atoms with Gasteiger partial charge in [0.1, 0.15) is 5.75 Å². The zero-order valence-electron chi connectivity index (χ0n) is 11.2. The van der Waals surface area contributed by atoms with Crippen molar-refractivity contribution in [2.45, 2.75) is 6.42 Å². The van der Waals surface area contributed by atoms with Crippen molar-refractivity contribution in [3.05, 3.63) is 24.3 Å². The molecule has 2 N–H and O–H groups in total. The SMILES string of the molecule is COCC1CCN(C(=O)COc2ccccc2N)C1. The summed E-state index contributed by atoms with van der Waals surface area (Å²) in [7, 11) is 1.69. The Labute approximate surface area is 113 Å². The van der Waals surface area contributed by atoms with Crippen LogP contribution in [0.2, 0.25) is 0 Å². The van der Waals surface area contributed by atoms with Crippen LogP contribution >= 0.6 is 0 Å². The maximum Gasteiger partial charge on any atom is 0.260 e. The molecule has 1 aliphatic rings. The van der Waals surface area contributed by atoms with Crippen LogP contribution in [0.4, 0.5) is 5.69 Å². The number of nitrogen functional groups attached to an aromatic ring is 1. The average Bonchev–Trinajstić information content (AvgIpc) is 2.87. The van der Waals surface area contributed by atoms with Crippen LogP contribution in [0.5, 0.6) is 5.75 Å². The fourth-order valence-corrected chi connectivity index (χ4v) is 2.27.